The number of nitrogens with zero attached hydrogens (tertiary/aromatic N) is 1. The number of amides is 2. The Morgan fingerprint density at radius 3 is 2.67 bits per heavy atom. The molecule has 124 valence electrons. The van der Waals surface area contributed by atoms with E-state index in [4.69, 9.17) is 11.6 Å². The highest BCUT2D eigenvalue weighted by molar-refractivity contribution is 6.31. The van der Waals surface area contributed by atoms with Crippen LogP contribution in [0.15, 0.2) is 42.5 Å². The van der Waals surface area contributed by atoms with Crippen molar-refractivity contribution in [2.45, 2.75) is 25.8 Å². The van der Waals surface area contributed by atoms with Gasteiger partial charge in [0.25, 0.3) is 0 Å². The van der Waals surface area contributed by atoms with Gasteiger partial charge in [0.2, 0.25) is 11.8 Å². The predicted octanol–water partition coefficient (Wildman–Crippen LogP) is 3.92. The fourth-order valence-corrected chi connectivity index (χ4v) is 2.97. The fraction of sp³-hybridized carbons (Fsp3) is 0.222. The third-order valence-corrected chi connectivity index (χ3v) is 4.31. The maximum Gasteiger partial charge on any atom is 0.247 e. The molecule has 1 aliphatic heterocycles. The van der Waals surface area contributed by atoms with Crippen molar-refractivity contribution in [2.75, 3.05) is 10.2 Å². The van der Waals surface area contributed by atoms with Crippen LogP contribution in [-0.4, -0.2) is 17.9 Å². The monoisotopic (exact) mass is 346 g/mol. The van der Waals surface area contributed by atoms with Crippen molar-refractivity contribution >= 4 is 34.8 Å². The second kappa shape index (κ2) is 6.61. The van der Waals surface area contributed by atoms with Gasteiger partial charge in [-0.2, -0.15) is 0 Å². The fourth-order valence-electron chi connectivity index (χ4n) is 2.80. The summed E-state index contributed by atoms with van der Waals surface area (Å²) in [5, 5.41) is 3.36. The summed E-state index contributed by atoms with van der Waals surface area (Å²) >= 11 is 5.97. The molecule has 1 unspecified atom stereocenters. The highest BCUT2D eigenvalue weighted by Crippen LogP contribution is 2.28. The number of hydrogen-bond acceptors (Lipinski definition) is 2. The molecular formula is C18H16ClFN2O2. The van der Waals surface area contributed by atoms with Crippen molar-refractivity contribution in [1.29, 1.82) is 0 Å². The van der Waals surface area contributed by atoms with E-state index in [0.29, 0.717) is 22.8 Å². The highest BCUT2D eigenvalue weighted by Gasteiger charge is 2.37. The van der Waals surface area contributed by atoms with E-state index in [1.165, 1.54) is 29.2 Å². The molecule has 3 rings (SSSR count). The number of aryl methyl sites for hydroxylation is 1. The molecule has 2 amide bonds. The van der Waals surface area contributed by atoms with Gasteiger partial charge in [-0.05, 0) is 55.3 Å². The summed E-state index contributed by atoms with van der Waals surface area (Å²) in [5.41, 5.74) is 2.01. The summed E-state index contributed by atoms with van der Waals surface area (Å²) in [4.78, 5) is 26.3. The van der Waals surface area contributed by atoms with Gasteiger partial charge in [-0.15, -0.1) is 0 Å². The Morgan fingerprint density at radius 1 is 1.25 bits per heavy atom. The van der Waals surface area contributed by atoms with Crippen LogP contribution in [0.1, 0.15) is 18.4 Å². The molecule has 1 heterocycles. The van der Waals surface area contributed by atoms with Crippen LogP contribution in [0.5, 0.6) is 0 Å². The zero-order chi connectivity index (χ0) is 17.3. The quantitative estimate of drug-likeness (QED) is 0.915. The number of benzene rings is 2. The van der Waals surface area contributed by atoms with Crippen LogP contribution >= 0.6 is 11.6 Å². The molecule has 0 aromatic heterocycles. The normalized spacial score (nSPS) is 17.2. The van der Waals surface area contributed by atoms with E-state index < -0.39 is 6.04 Å². The number of halogens is 2. The van der Waals surface area contributed by atoms with Crippen molar-refractivity contribution < 1.29 is 14.0 Å². The van der Waals surface area contributed by atoms with Crippen LogP contribution in [0, 0.1) is 12.7 Å². The average molecular weight is 347 g/mol. The second-order valence-electron chi connectivity index (χ2n) is 5.74. The number of rotatable bonds is 3. The van der Waals surface area contributed by atoms with E-state index in [1.54, 1.807) is 12.1 Å². The molecule has 1 atom stereocenters. The molecule has 24 heavy (non-hydrogen) atoms. The first kappa shape index (κ1) is 16.5. The minimum atomic E-state index is -0.624. The van der Waals surface area contributed by atoms with Crippen molar-refractivity contribution in [3.8, 4) is 0 Å². The Hall–Kier alpha value is -2.40. The first-order valence-electron chi connectivity index (χ1n) is 7.60. The van der Waals surface area contributed by atoms with E-state index in [1.807, 2.05) is 13.0 Å². The first-order chi connectivity index (χ1) is 11.5. The molecular weight excluding hydrogens is 331 g/mol. The number of carbonyl (C=O) groups is 2. The number of carbonyl (C=O) groups excluding carboxylic acids is 2. The van der Waals surface area contributed by atoms with E-state index in [0.717, 1.165) is 5.56 Å². The second-order valence-corrected chi connectivity index (χ2v) is 6.18. The Balaban J connectivity index is 1.84. The Labute approximate surface area is 144 Å². The van der Waals surface area contributed by atoms with Gasteiger partial charge in [0.05, 0.1) is 0 Å². The van der Waals surface area contributed by atoms with Crippen molar-refractivity contribution in [1.82, 2.24) is 0 Å². The first-order valence-corrected chi connectivity index (χ1v) is 7.98. The van der Waals surface area contributed by atoms with Gasteiger partial charge in [0.15, 0.2) is 0 Å². The van der Waals surface area contributed by atoms with Gasteiger partial charge in [-0.25, -0.2) is 4.39 Å². The molecule has 0 aliphatic carbocycles. The molecule has 4 nitrogen and oxygen atoms in total. The van der Waals surface area contributed by atoms with Gasteiger partial charge < -0.3 is 5.32 Å². The highest BCUT2D eigenvalue weighted by atomic mass is 35.5. The largest absolute Gasteiger partial charge is 0.324 e. The van der Waals surface area contributed by atoms with Crippen molar-refractivity contribution in [3.63, 3.8) is 0 Å². The average Bonchev–Trinajstić information content (AvgIpc) is 2.93. The maximum atomic E-state index is 13.1. The Morgan fingerprint density at radius 2 is 1.96 bits per heavy atom. The molecule has 1 fully saturated rings. The zero-order valence-electron chi connectivity index (χ0n) is 13.1. The van der Waals surface area contributed by atoms with E-state index in [2.05, 4.69) is 5.32 Å². The van der Waals surface area contributed by atoms with E-state index in [9.17, 15) is 14.0 Å². The maximum absolute atomic E-state index is 13.1. The molecule has 1 N–H and O–H groups in total. The summed E-state index contributed by atoms with van der Waals surface area (Å²) in [6, 6.07) is 10.2. The number of anilines is 2. The van der Waals surface area contributed by atoms with Crippen LogP contribution in [0.25, 0.3) is 0 Å². The van der Waals surface area contributed by atoms with Crippen LogP contribution in [-0.2, 0) is 9.59 Å². The lowest BCUT2D eigenvalue weighted by molar-refractivity contribution is -0.120. The third-order valence-electron chi connectivity index (χ3n) is 4.08. The van der Waals surface area contributed by atoms with E-state index >= 15 is 0 Å². The van der Waals surface area contributed by atoms with Crippen LogP contribution in [0.2, 0.25) is 5.02 Å². The molecule has 0 saturated carbocycles. The summed E-state index contributed by atoms with van der Waals surface area (Å²) in [6.07, 6.45) is 0.700. The lowest BCUT2D eigenvalue weighted by Crippen LogP contribution is -2.41. The van der Waals surface area contributed by atoms with E-state index in [-0.39, 0.29) is 24.1 Å². The molecule has 2 aromatic carbocycles. The lowest BCUT2D eigenvalue weighted by atomic mass is 10.1. The Kier molecular flexibility index (Phi) is 4.53. The molecule has 0 spiro atoms. The van der Waals surface area contributed by atoms with Gasteiger partial charge in [-0.3, -0.25) is 14.5 Å². The van der Waals surface area contributed by atoms with Gasteiger partial charge in [0, 0.05) is 22.8 Å². The van der Waals surface area contributed by atoms with Crippen LogP contribution in [0.3, 0.4) is 0 Å². The van der Waals surface area contributed by atoms with Crippen LogP contribution in [0.4, 0.5) is 15.8 Å². The molecule has 2 aromatic rings. The summed E-state index contributed by atoms with van der Waals surface area (Å²) in [7, 11) is 0. The van der Waals surface area contributed by atoms with Gasteiger partial charge in [0.1, 0.15) is 11.9 Å². The molecule has 0 bridgehead atoms. The van der Waals surface area contributed by atoms with Crippen molar-refractivity contribution in [3.05, 3.63) is 58.9 Å². The summed E-state index contributed by atoms with van der Waals surface area (Å²) in [6.45, 7) is 1.86. The van der Waals surface area contributed by atoms with Gasteiger partial charge in [-0.1, -0.05) is 17.7 Å². The Bertz CT molecular complexity index is 792. The minimum Gasteiger partial charge on any atom is -0.324 e. The molecule has 6 heteroatoms. The minimum absolute atomic E-state index is 0.149. The molecule has 1 saturated heterocycles. The summed E-state index contributed by atoms with van der Waals surface area (Å²) < 4.78 is 13.1. The standard InChI is InChI=1S/C18H16ClFN2O2/c1-11-2-3-12(19)10-15(11)21-18(24)16-8-9-17(23)22(16)14-6-4-13(20)5-7-14/h2-7,10,16H,8-9H2,1H3,(H,21,24). The predicted molar refractivity (Wildman–Crippen MR) is 91.7 cm³/mol. The number of hydrogen-bond donors (Lipinski definition) is 1. The molecule has 0 radical (unpaired) electrons. The third kappa shape index (κ3) is 3.26. The van der Waals surface area contributed by atoms with Crippen LogP contribution < -0.4 is 10.2 Å². The van der Waals surface area contributed by atoms with Crippen molar-refractivity contribution in [2.24, 2.45) is 0 Å². The lowest BCUT2D eigenvalue weighted by Gasteiger charge is -2.24. The summed E-state index contributed by atoms with van der Waals surface area (Å²) in [5.74, 6) is -0.818. The topological polar surface area (TPSA) is 49.4 Å². The SMILES string of the molecule is Cc1ccc(Cl)cc1NC(=O)C1CCC(=O)N1c1ccc(F)cc1. The smallest absolute Gasteiger partial charge is 0.247 e. The zero-order valence-corrected chi connectivity index (χ0v) is 13.8. The molecule has 1 aliphatic rings. The number of nitrogens with one attached hydrogen (secondary N) is 1. The van der Waals surface area contributed by atoms with Gasteiger partial charge >= 0.3 is 0 Å².